The molecule has 3 rings (SSSR count). The monoisotopic (exact) mass is 529 g/mol. The molecular weight excluding hydrogens is 470 g/mol. The summed E-state index contributed by atoms with van der Waals surface area (Å²) in [6.07, 6.45) is 12.5. The van der Waals surface area contributed by atoms with Crippen molar-refractivity contribution >= 4 is 23.5 Å². The van der Waals surface area contributed by atoms with Crippen LogP contribution in [0.3, 0.4) is 0 Å². The second-order valence-corrected chi connectivity index (χ2v) is 14.6. The number of nitrogens with one attached hydrogen (secondary N) is 1. The van der Waals surface area contributed by atoms with Crippen molar-refractivity contribution in [3.8, 4) is 0 Å². The molecule has 6 atom stereocenters. The number of hydrogen-bond donors (Lipinski definition) is 1. The molecule has 39 heavy (non-hydrogen) atoms. The van der Waals surface area contributed by atoms with E-state index in [0.717, 1.165) is 35.5 Å². The van der Waals surface area contributed by atoms with Gasteiger partial charge in [0.05, 0.1) is 0 Å². The van der Waals surface area contributed by atoms with Crippen molar-refractivity contribution in [1.29, 1.82) is 0 Å². The largest absolute Gasteiger partial charge is 0.355 e. The number of benzene rings is 2. The van der Waals surface area contributed by atoms with Crippen LogP contribution in [0, 0.1) is 35.5 Å². The molecule has 0 amide bonds. The molecule has 1 aliphatic rings. The van der Waals surface area contributed by atoms with Gasteiger partial charge in [-0.3, -0.25) is 0 Å². The first-order valence-corrected chi connectivity index (χ1v) is 16.1. The summed E-state index contributed by atoms with van der Waals surface area (Å²) in [5.74, 6) is 5.89. The van der Waals surface area contributed by atoms with Gasteiger partial charge in [-0.25, -0.2) is 0 Å². The van der Waals surface area contributed by atoms with Gasteiger partial charge in [-0.05, 0) is 132 Å². The molecule has 1 N–H and O–H groups in total. The molecular formula is C38H59N. The third kappa shape index (κ3) is 9.84. The minimum Gasteiger partial charge on any atom is -0.355 e. The van der Waals surface area contributed by atoms with Crippen LogP contribution in [-0.4, -0.2) is 0 Å². The van der Waals surface area contributed by atoms with Crippen LogP contribution in [-0.2, 0) is 0 Å². The van der Waals surface area contributed by atoms with Crippen LogP contribution >= 0.6 is 0 Å². The van der Waals surface area contributed by atoms with Crippen LogP contribution in [0.4, 0.5) is 11.4 Å². The standard InChI is InChI=1S/C38H59N/c1-25(2)17-27(5)19-29(7)21-31(9)33-13-15-37-35(23-33)11-12-36-24-34(14-16-38(36)39-37)32(10)22-30(8)20-28(6)18-26(3)4/h11-16,23-32,39H,17-22H2,1-10H3. The third-order valence-electron chi connectivity index (χ3n) is 8.87. The van der Waals surface area contributed by atoms with Gasteiger partial charge < -0.3 is 5.32 Å². The molecule has 1 heterocycles. The number of anilines is 2. The predicted octanol–water partition coefficient (Wildman–Crippen LogP) is 12.3. The van der Waals surface area contributed by atoms with Gasteiger partial charge in [0, 0.05) is 11.4 Å². The molecule has 0 aromatic heterocycles. The molecule has 0 saturated carbocycles. The van der Waals surface area contributed by atoms with Crippen LogP contribution in [0.15, 0.2) is 36.4 Å². The van der Waals surface area contributed by atoms with Gasteiger partial charge in [0.25, 0.3) is 0 Å². The van der Waals surface area contributed by atoms with Crippen molar-refractivity contribution in [3.05, 3.63) is 58.7 Å². The second-order valence-electron chi connectivity index (χ2n) is 14.6. The van der Waals surface area contributed by atoms with E-state index >= 15 is 0 Å². The highest BCUT2D eigenvalue weighted by molar-refractivity contribution is 5.88. The van der Waals surface area contributed by atoms with E-state index in [1.54, 1.807) is 0 Å². The van der Waals surface area contributed by atoms with Crippen LogP contribution < -0.4 is 5.32 Å². The van der Waals surface area contributed by atoms with Gasteiger partial charge in [0.2, 0.25) is 0 Å². The maximum absolute atomic E-state index is 3.74. The van der Waals surface area contributed by atoms with Crippen LogP contribution in [0.5, 0.6) is 0 Å². The molecule has 0 aliphatic carbocycles. The molecule has 2 aromatic rings. The molecule has 0 bridgehead atoms. The Balaban J connectivity index is 1.65. The summed E-state index contributed by atoms with van der Waals surface area (Å²) in [6, 6.07) is 14.1. The lowest BCUT2D eigenvalue weighted by Crippen LogP contribution is -2.09. The van der Waals surface area contributed by atoms with Gasteiger partial charge >= 0.3 is 0 Å². The normalized spacial score (nSPS) is 17.5. The second kappa shape index (κ2) is 14.6. The Labute approximate surface area is 242 Å². The Bertz CT molecular complexity index is 977. The lowest BCUT2D eigenvalue weighted by atomic mass is 9.83. The first-order chi connectivity index (χ1) is 18.4. The van der Waals surface area contributed by atoms with E-state index in [4.69, 9.17) is 0 Å². The highest BCUT2D eigenvalue weighted by atomic mass is 14.9. The van der Waals surface area contributed by atoms with E-state index in [0.29, 0.717) is 11.8 Å². The molecule has 216 valence electrons. The van der Waals surface area contributed by atoms with Crippen LogP contribution in [0.1, 0.15) is 142 Å². The van der Waals surface area contributed by atoms with Crippen molar-refractivity contribution in [3.63, 3.8) is 0 Å². The van der Waals surface area contributed by atoms with Crippen molar-refractivity contribution < 1.29 is 0 Å². The van der Waals surface area contributed by atoms with E-state index in [2.05, 4.69) is 123 Å². The SMILES string of the molecule is CC(C)CC(C)CC(C)CC(C)c1ccc2c(c1)C=Cc1cc(C(C)CC(C)CC(C)CC(C)C)ccc1N2. The molecule has 6 unspecified atom stereocenters. The summed E-state index contributed by atoms with van der Waals surface area (Å²) >= 11 is 0. The zero-order valence-electron chi connectivity index (χ0n) is 27.0. The Morgan fingerprint density at radius 3 is 1.18 bits per heavy atom. The topological polar surface area (TPSA) is 12.0 Å². The van der Waals surface area contributed by atoms with Gasteiger partial charge in [-0.2, -0.15) is 0 Å². The first kappa shape index (κ1) is 31.5. The minimum atomic E-state index is 0.577. The Hall–Kier alpha value is -2.02. The Morgan fingerprint density at radius 2 is 0.821 bits per heavy atom. The molecule has 1 nitrogen and oxygen atoms in total. The van der Waals surface area contributed by atoms with Crippen molar-refractivity contribution in [2.45, 2.75) is 120 Å². The van der Waals surface area contributed by atoms with E-state index in [1.807, 2.05) is 0 Å². The number of fused-ring (bicyclic) bond motifs is 2. The molecule has 2 aromatic carbocycles. The quantitative estimate of drug-likeness (QED) is 0.219. The molecule has 1 heteroatoms. The number of rotatable bonds is 14. The third-order valence-corrected chi connectivity index (χ3v) is 8.87. The van der Waals surface area contributed by atoms with E-state index in [1.165, 1.54) is 72.2 Å². The summed E-state index contributed by atoms with van der Waals surface area (Å²) < 4.78 is 0. The summed E-state index contributed by atoms with van der Waals surface area (Å²) in [5.41, 5.74) is 7.97. The average Bonchev–Trinajstić information content (AvgIpc) is 3.00. The Morgan fingerprint density at radius 1 is 0.462 bits per heavy atom. The zero-order chi connectivity index (χ0) is 28.7. The lowest BCUT2D eigenvalue weighted by molar-refractivity contribution is 0.333. The average molecular weight is 530 g/mol. The summed E-state index contributed by atoms with van der Waals surface area (Å²) in [4.78, 5) is 0. The zero-order valence-corrected chi connectivity index (χ0v) is 27.0. The van der Waals surface area contributed by atoms with Gasteiger partial charge in [0.1, 0.15) is 0 Å². The maximum Gasteiger partial charge on any atom is 0.0458 e. The smallest absolute Gasteiger partial charge is 0.0458 e. The van der Waals surface area contributed by atoms with Crippen molar-refractivity contribution in [1.82, 2.24) is 0 Å². The van der Waals surface area contributed by atoms with Crippen LogP contribution in [0.25, 0.3) is 12.2 Å². The highest BCUT2D eigenvalue weighted by Crippen LogP contribution is 2.37. The first-order valence-electron chi connectivity index (χ1n) is 16.1. The summed E-state index contributed by atoms with van der Waals surface area (Å²) in [6.45, 7) is 23.9. The fourth-order valence-electron chi connectivity index (χ4n) is 7.45. The highest BCUT2D eigenvalue weighted by Gasteiger charge is 2.18. The van der Waals surface area contributed by atoms with Crippen molar-refractivity contribution in [2.75, 3.05) is 5.32 Å². The molecule has 1 aliphatic heterocycles. The minimum absolute atomic E-state index is 0.577. The van der Waals surface area contributed by atoms with Crippen LogP contribution in [0.2, 0.25) is 0 Å². The van der Waals surface area contributed by atoms with E-state index in [9.17, 15) is 0 Å². The van der Waals surface area contributed by atoms with E-state index in [-0.39, 0.29) is 0 Å². The summed E-state index contributed by atoms with van der Waals surface area (Å²) in [7, 11) is 0. The molecule has 0 radical (unpaired) electrons. The van der Waals surface area contributed by atoms with Gasteiger partial charge in [-0.15, -0.1) is 0 Å². The molecule has 0 spiro atoms. The molecule has 0 fully saturated rings. The molecule has 0 saturated heterocycles. The van der Waals surface area contributed by atoms with E-state index < -0.39 is 0 Å². The fourth-order valence-corrected chi connectivity index (χ4v) is 7.45. The fraction of sp³-hybridized carbons (Fsp3) is 0.632. The maximum atomic E-state index is 3.74. The van der Waals surface area contributed by atoms with Crippen molar-refractivity contribution in [2.24, 2.45) is 35.5 Å². The Kier molecular flexibility index (Phi) is 11.8. The van der Waals surface area contributed by atoms with Gasteiger partial charge in [-0.1, -0.05) is 93.5 Å². The lowest BCUT2D eigenvalue weighted by Gasteiger charge is -2.23. The predicted molar refractivity (Wildman–Crippen MR) is 176 cm³/mol. The number of hydrogen-bond acceptors (Lipinski definition) is 1. The summed E-state index contributed by atoms with van der Waals surface area (Å²) in [5, 5.41) is 3.74. The van der Waals surface area contributed by atoms with Gasteiger partial charge in [0.15, 0.2) is 0 Å².